The van der Waals surface area contributed by atoms with Crippen LogP contribution in [-0.2, 0) is 11.2 Å². The van der Waals surface area contributed by atoms with Crippen molar-refractivity contribution in [3.8, 4) is 0 Å². The van der Waals surface area contributed by atoms with Gasteiger partial charge in [0, 0.05) is 21.6 Å². The third-order valence-corrected chi connectivity index (χ3v) is 4.33. The van der Waals surface area contributed by atoms with E-state index in [-0.39, 0.29) is 0 Å². The summed E-state index contributed by atoms with van der Waals surface area (Å²) in [5.74, 6) is -1.04. The van der Waals surface area contributed by atoms with Gasteiger partial charge in [-0.3, -0.25) is 0 Å². The first-order valence-electron chi connectivity index (χ1n) is 6.17. The number of carbonyl (C=O) groups is 1. The number of likely N-dealkylation sites (N-methyl/N-ethyl adjacent to an activating group) is 1. The number of fused-ring (bicyclic) bond motifs is 1. The van der Waals surface area contributed by atoms with Crippen molar-refractivity contribution in [2.45, 2.75) is 12.5 Å². The summed E-state index contributed by atoms with van der Waals surface area (Å²) in [7, 11) is 5.56. The third-order valence-electron chi connectivity index (χ3n) is 3.41. The van der Waals surface area contributed by atoms with Gasteiger partial charge in [-0.15, -0.1) is 0 Å². The first kappa shape index (κ1) is 15.6. The molecule has 1 aromatic heterocycles. The van der Waals surface area contributed by atoms with E-state index >= 15 is 0 Å². The highest BCUT2D eigenvalue weighted by Gasteiger charge is 2.26. The van der Waals surface area contributed by atoms with Gasteiger partial charge in [0.05, 0.1) is 37.7 Å². The van der Waals surface area contributed by atoms with Gasteiger partial charge in [0.25, 0.3) is 0 Å². The molecular formula is C14H16ClIN2O2. The Morgan fingerprint density at radius 3 is 2.65 bits per heavy atom. The van der Waals surface area contributed by atoms with Crippen molar-refractivity contribution in [3.05, 3.63) is 32.5 Å². The number of hydrogen-bond donors (Lipinski definition) is 1. The Morgan fingerprint density at radius 2 is 2.10 bits per heavy atom. The fourth-order valence-electron chi connectivity index (χ4n) is 2.26. The van der Waals surface area contributed by atoms with E-state index in [1.165, 1.54) is 0 Å². The van der Waals surface area contributed by atoms with Crippen LogP contribution in [0.25, 0.3) is 10.9 Å². The van der Waals surface area contributed by atoms with Gasteiger partial charge in [-0.25, -0.2) is 0 Å². The zero-order chi connectivity index (χ0) is 15.1. The fourth-order valence-corrected chi connectivity index (χ4v) is 3.34. The summed E-state index contributed by atoms with van der Waals surface area (Å²) in [6.07, 6.45) is 2.24. The molecular weight excluding hydrogens is 391 g/mol. The van der Waals surface area contributed by atoms with Gasteiger partial charge in [0.1, 0.15) is 6.04 Å². The molecule has 1 atom stereocenters. The summed E-state index contributed by atoms with van der Waals surface area (Å²) in [6, 6.07) is 3.28. The number of quaternary nitrogens is 1. The zero-order valence-electron chi connectivity index (χ0n) is 11.5. The van der Waals surface area contributed by atoms with E-state index in [4.69, 9.17) is 11.6 Å². The number of aromatic amines is 1. The molecule has 1 unspecified atom stereocenters. The van der Waals surface area contributed by atoms with E-state index in [9.17, 15) is 9.90 Å². The molecule has 0 saturated carbocycles. The molecule has 4 nitrogen and oxygen atoms in total. The van der Waals surface area contributed by atoms with Crippen LogP contribution >= 0.6 is 34.2 Å². The van der Waals surface area contributed by atoms with Gasteiger partial charge in [0.2, 0.25) is 0 Å². The third kappa shape index (κ3) is 3.10. The lowest BCUT2D eigenvalue weighted by atomic mass is 10.0. The second-order valence-electron chi connectivity index (χ2n) is 5.78. The molecule has 20 heavy (non-hydrogen) atoms. The normalized spacial score (nSPS) is 13.7. The van der Waals surface area contributed by atoms with Crippen LogP contribution in [0.3, 0.4) is 0 Å². The summed E-state index contributed by atoms with van der Waals surface area (Å²) < 4.78 is 1.34. The molecule has 0 aliphatic heterocycles. The minimum Gasteiger partial charge on any atom is -0.544 e. The fraction of sp³-hybridized carbons (Fsp3) is 0.357. The van der Waals surface area contributed by atoms with Crippen LogP contribution in [-0.4, -0.2) is 42.6 Å². The van der Waals surface area contributed by atoms with Crippen LogP contribution in [0.1, 0.15) is 5.56 Å². The smallest absolute Gasteiger partial charge is 0.133 e. The maximum Gasteiger partial charge on any atom is 0.133 e. The SMILES string of the molecule is C[N+](C)(C)C(Cc1c[nH]c2c(Cl)cc(I)cc12)C(=O)[O-]. The number of H-pyrrole nitrogens is 1. The van der Waals surface area contributed by atoms with Crippen LogP contribution < -0.4 is 5.11 Å². The van der Waals surface area contributed by atoms with E-state index in [1.807, 2.05) is 39.5 Å². The van der Waals surface area contributed by atoms with E-state index in [2.05, 4.69) is 27.6 Å². The summed E-state index contributed by atoms with van der Waals surface area (Å²) in [6.45, 7) is 0. The summed E-state index contributed by atoms with van der Waals surface area (Å²) >= 11 is 8.40. The predicted molar refractivity (Wildman–Crippen MR) is 86.6 cm³/mol. The molecule has 1 aromatic carbocycles. The average molecular weight is 407 g/mol. The van der Waals surface area contributed by atoms with Crippen LogP contribution in [0.15, 0.2) is 18.3 Å². The van der Waals surface area contributed by atoms with Crippen molar-refractivity contribution in [3.63, 3.8) is 0 Å². The van der Waals surface area contributed by atoms with Gasteiger partial charge >= 0.3 is 0 Å². The Labute approximate surface area is 136 Å². The van der Waals surface area contributed by atoms with Gasteiger partial charge in [-0.2, -0.15) is 0 Å². The number of hydrogen-bond acceptors (Lipinski definition) is 2. The maximum atomic E-state index is 11.4. The number of carboxylic acids is 1. The second kappa shape index (κ2) is 5.54. The van der Waals surface area contributed by atoms with E-state index in [1.54, 1.807) is 0 Å². The van der Waals surface area contributed by atoms with Crippen molar-refractivity contribution < 1.29 is 14.4 Å². The van der Waals surface area contributed by atoms with Crippen molar-refractivity contribution >= 4 is 51.1 Å². The van der Waals surface area contributed by atoms with Crippen LogP contribution in [0.2, 0.25) is 5.02 Å². The number of nitrogens with zero attached hydrogens (tertiary/aromatic N) is 1. The van der Waals surface area contributed by atoms with Gasteiger partial charge < -0.3 is 19.4 Å². The van der Waals surface area contributed by atoms with E-state index in [0.717, 1.165) is 20.0 Å². The standard InChI is InChI=1S/C14H16ClIN2O2/c1-18(2,3)12(14(19)20)4-8-7-17-13-10(8)5-9(16)6-11(13)15/h5-7,12,17H,4H2,1-3H3. The number of nitrogens with one attached hydrogen (secondary N) is 1. The monoisotopic (exact) mass is 406 g/mol. The Hall–Kier alpha value is -0.790. The molecule has 2 rings (SSSR count). The van der Waals surface area contributed by atoms with Gasteiger partial charge in [0.15, 0.2) is 0 Å². The topological polar surface area (TPSA) is 55.9 Å². The second-order valence-corrected chi connectivity index (χ2v) is 7.43. The Bertz CT molecular complexity index is 661. The van der Waals surface area contributed by atoms with E-state index in [0.29, 0.717) is 15.9 Å². The molecule has 0 bridgehead atoms. The minimum atomic E-state index is -1.04. The molecule has 0 spiro atoms. The van der Waals surface area contributed by atoms with Crippen LogP contribution in [0.5, 0.6) is 0 Å². The highest BCUT2D eigenvalue weighted by atomic mass is 127. The summed E-state index contributed by atoms with van der Waals surface area (Å²) in [5.41, 5.74) is 1.79. The molecule has 2 aromatic rings. The molecule has 0 amide bonds. The number of carbonyl (C=O) groups excluding carboxylic acids is 1. The largest absolute Gasteiger partial charge is 0.544 e. The predicted octanol–water partition coefficient (Wildman–Crippen LogP) is 1.79. The molecule has 0 radical (unpaired) electrons. The van der Waals surface area contributed by atoms with Crippen LogP contribution in [0.4, 0.5) is 0 Å². The number of carboxylic acid groups (broad SMARTS) is 1. The lowest BCUT2D eigenvalue weighted by Crippen LogP contribution is -2.55. The molecule has 0 aliphatic carbocycles. The Balaban J connectivity index is 2.46. The number of aliphatic carboxylic acids is 1. The summed E-state index contributed by atoms with van der Waals surface area (Å²) in [4.78, 5) is 14.5. The first-order chi connectivity index (χ1) is 9.20. The number of benzene rings is 1. The molecule has 0 aliphatic rings. The van der Waals surface area contributed by atoms with Crippen LogP contribution in [0, 0.1) is 3.57 Å². The Kier molecular flexibility index (Phi) is 4.32. The van der Waals surface area contributed by atoms with Crippen molar-refractivity contribution in [1.29, 1.82) is 0 Å². The Morgan fingerprint density at radius 1 is 1.45 bits per heavy atom. The minimum absolute atomic E-state index is 0.312. The lowest BCUT2D eigenvalue weighted by Gasteiger charge is -2.34. The average Bonchev–Trinajstić information content (AvgIpc) is 2.67. The molecule has 1 N–H and O–H groups in total. The van der Waals surface area contributed by atoms with E-state index < -0.39 is 12.0 Å². The molecule has 0 fully saturated rings. The van der Waals surface area contributed by atoms with Crippen molar-refractivity contribution in [2.75, 3.05) is 21.1 Å². The molecule has 0 saturated heterocycles. The summed E-state index contributed by atoms with van der Waals surface area (Å²) in [5, 5.41) is 13.0. The van der Waals surface area contributed by atoms with Crippen molar-refractivity contribution in [1.82, 2.24) is 4.98 Å². The van der Waals surface area contributed by atoms with Crippen molar-refractivity contribution in [2.24, 2.45) is 0 Å². The van der Waals surface area contributed by atoms with Gasteiger partial charge in [-0.05, 0) is 40.3 Å². The number of rotatable bonds is 4. The van der Waals surface area contributed by atoms with Gasteiger partial charge in [-0.1, -0.05) is 11.6 Å². The first-order valence-corrected chi connectivity index (χ1v) is 7.63. The maximum absolute atomic E-state index is 11.4. The molecule has 1 heterocycles. The number of aromatic nitrogens is 1. The zero-order valence-corrected chi connectivity index (χ0v) is 14.4. The highest BCUT2D eigenvalue weighted by Crippen LogP contribution is 2.29. The highest BCUT2D eigenvalue weighted by molar-refractivity contribution is 14.1. The quantitative estimate of drug-likeness (QED) is 0.622. The lowest BCUT2D eigenvalue weighted by molar-refractivity contribution is -0.889. The molecule has 6 heteroatoms. The number of halogens is 2. The molecule has 108 valence electrons.